The highest BCUT2D eigenvalue weighted by molar-refractivity contribution is 14.0. The van der Waals surface area contributed by atoms with Crippen molar-refractivity contribution in [3.8, 4) is 0 Å². The number of fused-ring (bicyclic) bond motifs is 1. The number of hydrogen-bond donors (Lipinski definition) is 2. The van der Waals surface area contributed by atoms with Gasteiger partial charge in [0.15, 0.2) is 15.8 Å². The molecule has 0 spiro atoms. The van der Waals surface area contributed by atoms with Gasteiger partial charge in [-0.1, -0.05) is 37.1 Å². The molecule has 1 aromatic carbocycles. The average molecular weight is 517 g/mol. The van der Waals surface area contributed by atoms with Crippen LogP contribution >= 0.6 is 24.0 Å². The monoisotopic (exact) mass is 517 g/mol. The van der Waals surface area contributed by atoms with Gasteiger partial charge in [0.05, 0.1) is 11.5 Å². The standard InChI is InChI=1S/C21H31N3O2S.HI/c25-27(26)12-11-16(15-27)14-22-21(23-19-7-3-4-8-19)24-20-10-9-17-5-1-2-6-18(17)13-20;/h1-2,5-6,16,19-20H,3-4,7-15H2,(H2,22,23,24);1H. The van der Waals surface area contributed by atoms with Gasteiger partial charge in [-0.3, -0.25) is 4.99 Å². The van der Waals surface area contributed by atoms with Gasteiger partial charge < -0.3 is 10.6 Å². The second-order valence-corrected chi connectivity index (χ2v) is 10.7. The van der Waals surface area contributed by atoms with Gasteiger partial charge in [0.25, 0.3) is 0 Å². The summed E-state index contributed by atoms with van der Waals surface area (Å²) in [5.74, 6) is 1.68. The number of nitrogens with one attached hydrogen (secondary N) is 2. The van der Waals surface area contributed by atoms with Crippen molar-refractivity contribution < 1.29 is 8.42 Å². The Bertz CT molecular complexity index is 791. The number of nitrogens with zero attached hydrogens (tertiary/aromatic N) is 1. The molecule has 0 radical (unpaired) electrons. The van der Waals surface area contributed by atoms with Gasteiger partial charge >= 0.3 is 0 Å². The van der Waals surface area contributed by atoms with Crippen molar-refractivity contribution in [3.05, 3.63) is 35.4 Å². The fourth-order valence-electron chi connectivity index (χ4n) is 4.65. The summed E-state index contributed by atoms with van der Waals surface area (Å²) in [5.41, 5.74) is 2.90. The molecule has 2 unspecified atom stereocenters. The minimum Gasteiger partial charge on any atom is -0.354 e. The molecule has 5 nitrogen and oxygen atoms in total. The number of guanidine groups is 1. The maximum absolute atomic E-state index is 11.7. The zero-order valence-corrected chi connectivity index (χ0v) is 19.5. The van der Waals surface area contributed by atoms with E-state index in [1.54, 1.807) is 0 Å². The number of hydrogen-bond acceptors (Lipinski definition) is 3. The number of benzene rings is 1. The Kier molecular flexibility index (Phi) is 7.64. The van der Waals surface area contributed by atoms with Crippen LogP contribution in [0, 0.1) is 5.92 Å². The van der Waals surface area contributed by atoms with E-state index in [4.69, 9.17) is 4.99 Å². The summed E-state index contributed by atoms with van der Waals surface area (Å²) in [7, 11) is -2.84. The van der Waals surface area contributed by atoms with E-state index in [2.05, 4.69) is 34.9 Å². The predicted molar refractivity (Wildman–Crippen MR) is 125 cm³/mol. The first-order chi connectivity index (χ1) is 13.1. The predicted octanol–water partition coefficient (Wildman–Crippen LogP) is 3.07. The number of sulfone groups is 1. The molecule has 2 fully saturated rings. The van der Waals surface area contributed by atoms with Crippen molar-refractivity contribution in [3.63, 3.8) is 0 Å². The summed E-state index contributed by atoms with van der Waals surface area (Å²) < 4.78 is 23.4. The first-order valence-corrected chi connectivity index (χ1v) is 12.2. The molecular weight excluding hydrogens is 485 g/mol. The van der Waals surface area contributed by atoms with Crippen LogP contribution in [0.1, 0.15) is 49.7 Å². The number of aliphatic imine (C=N–C) groups is 1. The van der Waals surface area contributed by atoms with Crippen molar-refractivity contribution in [1.29, 1.82) is 0 Å². The van der Waals surface area contributed by atoms with E-state index in [1.807, 2.05) is 0 Å². The van der Waals surface area contributed by atoms with Gasteiger partial charge in [-0.2, -0.15) is 0 Å². The Morgan fingerprint density at radius 1 is 1.00 bits per heavy atom. The van der Waals surface area contributed by atoms with Crippen LogP contribution in [0.3, 0.4) is 0 Å². The molecule has 1 saturated carbocycles. The highest BCUT2D eigenvalue weighted by atomic mass is 127. The lowest BCUT2D eigenvalue weighted by molar-refractivity contribution is 0.506. The SMILES string of the molecule is I.O=S1(=O)CCC(CN=C(NC2CCCC2)NC2CCc3ccccc3C2)C1. The van der Waals surface area contributed by atoms with Crippen LogP contribution in [-0.4, -0.2) is 44.5 Å². The van der Waals surface area contributed by atoms with Crippen LogP contribution < -0.4 is 10.6 Å². The lowest BCUT2D eigenvalue weighted by Gasteiger charge is -2.28. The van der Waals surface area contributed by atoms with Crippen molar-refractivity contribution in [2.75, 3.05) is 18.1 Å². The van der Waals surface area contributed by atoms with Gasteiger partial charge in [0, 0.05) is 18.6 Å². The van der Waals surface area contributed by atoms with Crippen LogP contribution in [0.25, 0.3) is 0 Å². The van der Waals surface area contributed by atoms with E-state index in [9.17, 15) is 8.42 Å². The Hall–Kier alpha value is -0.830. The summed E-state index contributed by atoms with van der Waals surface area (Å²) in [6, 6.07) is 9.59. The molecule has 28 heavy (non-hydrogen) atoms. The van der Waals surface area contributed by atoms with Gasteiger partial charge in [0.1, 0.15) is 0 Å². The zero-order valence-electron chi connectivity index (χ0n) is 16.4. The minimum absolute atomic E-state index is 0. The smallest absolute Gasteiger partial charge is 0.191 e. The number of aryl methyl sites for hydroxylation is 1. The number of halogens is 1. The second kappa shape index (κ2) is 9.78. The largest absolute Gasteiger partial charge is 0.354 e. The van der Waals surface area contributed by atoms with E-state index in [0.717, 1.165) is 31.6 Å². The van der Waals surface area contributed by atoms with Crippen LogP contribution in [0.15, 0.2) is 29.3 Å². The van der Waals surface area contributed by atoms with Gasteiger partial charge in [-0.15, -0.1) is 24.0 Å². The topological polar surface area (TPSA) is 70.6 Å². The molecular formula is C21H32IN3O2S. The van der Waals surface area contributed by atoms with Crippen molar-refractivity contribution in [1.82, 2.24) is 10.6 Å². The fraction of sp³-hybridized carbons (Fsp3) is 0.667. The second-order valence-electron chi connectivity index (χ2n) is 8.44. The van der Waals surface area contributed by atoms with Crippen LogP contribution in [0.5, 0.6) is 0 Å². The van der Waals surface area contributed by atoms with Crippen LogP contribution in [0.4, 0.5) is 0 Å². The van der Waals surface area contributed by atoms with Crippen LogP contribution in [-0.2, 0) is 22.7 Å². The summed E-state index contributed by atoms with van der Waals surface area (Å²) in [6.45, 7) is 0.602. The summed E-state index contributed by atoms with van der Waals surface area (Å²) in [4.78, 5) is 4.81. The lowest BCUT2D eigenvalue weighted by Crippen LogP contribution is -2.48. The number of rotatable bonds is 4. The first kappa shape index (κ1) is 21.9. The molecule has 0 amide bonds. The van der Waals surface area contributed by atoms with E-state index in [-0.39, 0.29) is 29.9 Å². The molecule has 156 valence electrons. The molecule has 2 atom stereocenters. The first-order valence-electron chi connectivity index (χ1n) is 10.4. The highest BCUT2D eigenvalue weighted by Crippen LogP contribution is 2.22. The molecule has 3 aliphatic rings. The summed E-state index contributed by atoms with van der Waals surface area (Å²) >= 11 is 0. The lowest BCUT2D eigenvalue weighted by atomic mass is 9.88. The Balaban J connectivity index is 0.00000225. The molecule has 4 rings (SSSR count). The van der Waals surface area contributed by atoms with Crippen molar-refractivity contribution in [2.45, 2.75) is 63.5 Å². The molecule has 1 saturated heterocycles. The average Bonchev–Trinajstić information content (AvgIpc) is 3.28. The Morgan fingerprint density at radius 3 is 2.43 bits per heavy atom. The zero-order chi connectivity index (χ0) is 18.7. The van der Waals surface area contributed by atoms with E-state index in [1.165, 1.54) is 36.8 Å². The molecule has 0 aromatic heterocycles. The molecule has 1 heterocycles. The third kappa shape index (κ3) is 5.84. The highest BCUT2D eigenvalue weighted by Gasteiger charge is 2.28. The minimum atomic E-state index is -2.84. The fourth-order valence-corrected chi connectivity index (χ4v) is 6.50. The Labute approximate surface area is 186 Å². The maximum atomic E-state index is 11.7. The third-order valence-corrected chi connectivity index (χ3v) is 8.06. The molecule has 1 aromatic rings. The third-order valence-electron chi connectivity index (χ3n) is 6.22. The normalized spacial score (nSPS) is 27.1. The summed E-state index contributed by atoms with van der Waals surface area (Å²) in [5, 5.41) is 7.28. The Morgan fingerprint density at radius 2 is 1.71 bits per heavy atom. The summed E-state index contributed by atoms with van der Waals surface area (Å²) in [6.07, 6.45) is 8.95. The molecule has 2 N–H and O–H groups in total. The van der Waals surface area contributed by atoms with Gasteiger partial charge in [-0.25, -0.2) is 8.42 Å². The maximum Gasteiger partial charge on any atom is 0.191 e. The molecule has 0 bridgehead atoms. The molecule has 1 aliphatic heterocycles. The van der Waals surface area contributed by atoms with E-state index >= 15 is 0 Å². The molecule has 7 heteroatoms. The van der Waals surface area contributed by atoms with E-state index < -0.39 is 9.84 Å². The van der Waals surface area contributed by atoms with Crippen LogP contribution in [0.2, 0.25) is 0 Å². The quantitative estimate of drug-likeness (QED) is 0.366. The van der Waals surface area contributed by atoms with Crippen molar-refractivity contribution in [2.24, 2.45) is 10.9 Å². The van der Waals surface area contributed by atoms with E-state index in [0.29, 0.717) is 30.1 Å². The van der Waals surface area contributed by atoms with Gasteiger partial charge in [-0.05, 0) is 55.6 Å². The molecule has 2 aliphatic carbocycles. The van der Waals surface area contributed by atoms with Crippen molar-refractivity contribution >= 4 is 39.8 Å². The van der Waals surface area contributed by atoms with Gasteiger partial charge in [0.2, 0.25) is 0 Å².